The number of fused-ring (bicyclic) bond motifs is 3. The molecule has 35 heavy (non-hydrogen) atoms. The van der Waals surface area contributed by atoms with Crippen LogP contribution in [0.1, 0.15) is 43.7 Å². The molecule has 2 aromatic carbocycles. The van der Waals surface area contributed by atoms with Crippen molar-refractivity contribution in [2.24, 2.45) is 0 Å². The SMILES string of the molecule is CC(C)(C(=O)NCCCC(=O)O)n1cc(NC(=O)OCC2c3ccccc3-c3ccccc32)cn1. The number of benzene rings is 2. The van der Waals surface area contributed by atoms with E-state index in [1.54, 1.807) is 20.0 Å². The molecule has 0 saturated heterocycles. The Bertz CT molecular complexity index is 1200. The molecule has 0 radical (unpaired) electrons. The van der Waals surface area contributed by atoms with Gasteiger partial charge in [-0.3, -0.25) is 19.6 Å². The number of hydrogen-bond acceptors (Lipinski definition) is 5. The lowest BCUT2D eigenvalue weighted by atomic mass is 9.98. The van der Waals surface area contributed by atoms with Crippen molar-refractivity contribution in [3.8, 4) is 11.1 Å². The Kier molecular flexibility index (Phi) is 6.86. The number of anilines is 1. The minimum atomic E-state index is -1.04. The minimum Gasteiger partial charge on any atom is -0.481 e. The fraction of sp³-hybridized carbons (Fsp3) is 0.308. The molecule has 9 nitrogen and oxygen atoms in total. The number of nitrogens with one attached hydrogen (secondary N) is 2. The summed E-state index contributed by atoms with van der Waals surface area (Å²) in [6.45, 7) is 3.81. The summed E-state index contributed by atoms with van der Waals surface area (Å²) in [5, 5.41) is 18.3. The lowest BCUT2D eigenvalue weighted by Crippen LogP contribution is -2.45. The van der Waals surface area contributed by atoms with E-state index < -0.39 is 17.6 Å². The van der Waals surface area contributed by atoms with Crippen LogP contribution in [0.15, 0.2) is 60.9 Å². The highest BCUT2D eigenvalue weighted by Crippen LogP contribution is 2.44. The van der Waals surface area contributed by atoms with E-state index in [-0.39, 0.29) is 31.4 Å². The topological polar surface area (TPSA) is 123 Å². The van der Waals surface area contributed by atoms with E-state index in [9.17, 15) is 14.4 Å². The van der Waals surface area contributed by atoms with E-state index in [0.717, 1.165) is 22.3 Å². The normalized spacial score (nSPS) is 12.5. The number of aromatic nitrogens is 2. The minimum absolute atomic E-state index is 0.0172. The Labute approximate surface area is 203 Å². The van der Waals surface area contributed by atoms with E-state index >= 15 is 0 Å². The van der Waals surface area contributed by atoms with Gasteiger partial charge in [-0.15, -0.1) is 0 Å². The van der Waals surface area contributed by atoms with Crippen LogP contribution in [-0.4, -0.2) is 46.0 Å². The summed E-state index contributed by atoms with van der Waals surface area (Å²) in [5.74, 6) is -1.26. The third-order valence-electron chi connectivity index (χ3n) is 6.15. The highest BCUT2D eigenvalue weighted by molar-refractivity contribution is 5.86. The van der Waals surface area contributed by atoms with E-state index in [2.05, 4.69) is 40.0 Å². The second-order valence-corrected chi connectivity index (χ2v) is 8.94. The molecule has 2 amide bonds. The summed E-state index contributed by atoms with van der Waals surface area (Å²) in [7, 11) is 0. The molecule has 3 aromatic rings. The number of carboxylic acid groups (broad SMARTS) is 1. The Hall–Kier alpha value is -4.14. The molecule has 1 heterocycles. The Morgan fingerprint density at radius 1 is 1.06 bits per heavy atom. The average Bonchev–Trinajstić information content (AvgIpc) is 3.43. The fourth-order valence-corrected chi connectivity index (χ4v) is 4.21. The van der Waals surface area contributed by atoms with Gasteiger partial charge in [-0.2, -0.15) is 5.10 Å². The molecule has 0 atom stereocenters. The number of carboxylic acids is 1. The van der Waals surface area contributed by atoms with Gasteiger partial charge in [0.25, 0.3) is 0 Å². The number of aliphatic carboxylic acids is 1. The van der Waals surface area contributed by atoms with Crippen LogP contribution in [0.4, 0.5) is 10.5 Å². The largest absolute Gasteiger partial charge is 0.481 e. The maximum Gasteiger partial charge on any atom is 0.411 e. The smallest absolute Gasteiger partial charge is 0.411 e. The predicted octanol–water partition coefficient (Wildman–Crippen LogP) is 3.96. The van der Waals surface area contributed by atoms with Crippen molar-refractivity contribution in [3.63, 3.8) is 0 Å². The van der Waals surface area contributed by atoms with Gasteiger partial charge in [0.2, 0.25) is 5.91 Å². The maximum atomic E-state index is 12.6. The molecule has 0 saturated carbocycles. The first-order valence-electron chi connectivity index (χ1n) is 11.4. The van der Waals surface area contributed by atoms with E-state index in [4.69, 9.17) is 9.84 Å². The molecule has 182 valence electrons. The summed E-state index contributed by atoms with van der Waals surface area (Å²) in [6.07, 6.45) is 2.71. The van der Waals surface area contributed by atoms with Gasteiger partial charge >= 0.3 is 12.1 Å². The van der Waals surface area contributed by atoms with Gasteiger partial charge in [0.15, 0.2) is 0 Å². The van der Waals surface area contributed by atoms with E-state index in [1.165, 1.54) is 10.9 Å². The van der Waals surface area contributed by atoms with Crippen LogP contribution < -0.4 is 10.6 Å². The van der Waals surface area contributed by atoms with Crippen LogP contribution >= 0.6 is 0 Å². The molecule has 0 fully saturated rings. The van der Waals surface area contributed by atoms with Gasteiger partial charge in [0.05, 0.1) is 11.9 Å². The summed E-state index contributed by atoms with van der Waals surface area (Å²) in [4.78, 5) is 35.7. The lowest BCUT2D eigenvalue weighted by Gasteiger charge is -2.24. The lowest BCUT2D eigenvalue weighted by molar-refractivity contribution is -0.137. The molecular weight excluding hydrogens is 448 g/mol. The van der Waals surface area contributed by atoms with Gasteiger partial charge in [-0.05, 0) is 42.5 Å². The van der Waals surface area contributed by atoms with Crippen LogP contribution in [0, 0.1) is 0 Å². The Balaban J connectivity index is 1.34. The predicted molar refractivity (Wildman–Crippen MR) is 130 cm³/mol. The molecule has 3 N–H and O–H groups in total. The van der Waals surface area contributed by atoms with Gasteiger partial charge in [0.1, 0.15) is 12.1 Å². The molecule has 0 spiro atoms. The molecule has 0 aliphatic heterocycles. The molecule has 4 rings (SSSR count). The summed E-state index contributed by atoms with van der Waals surface area (Å²) in [5.41, 5.74) is 3.93. The van der Waals surface area contributed by atoms with Gasteiger partial charge in [-0.1, -0.05) is 48.5 Å². The standard InChI is InChI=1S/C26H28N4O5/c1-26(2,24(33)27-13-7-12-23(31)32)30-15-17(14-28-30)29-25(34)35-16-22-20-10-5-3-8-18(20)19-9-4-6-11-21(19)22/h3-6,8-11,14-15,22H,7,12-13,16H2,1-2H3,(H,27,33)(H,29,34)(H,31,32). The molecular formula is C26H28N4O5. The van der Waals surface area contributed by atoms with Gasteiger partial charge in [-0.25, -0.2) is 4.79 Å². The van der Waals surface area contributed by atoms with E-state index in [1.807, 2.05) is 24.3 Å². The van der Waals surface area contributed by atoms with E-state index in [0.29, 0.717) is 12.1 Å². The fourth-order valence-electron chi connectivity index (χ4n) is 4.21. The highest BCUT2D eigenvalue weighted by Gasteiger charge is 2.31. The monoisotopic (exact) mass is 476 g/mol. The number of rotatable bonds is 9. The van der Waals surface area contributed by atoms with Crippen molar-refractivity contribution in [3.05, 3.63) is 72.1 Å². The maximum absolute atomic E-state index is 12.6. The summed E-state index contributed by atoms with van der Waals surface area (Å²) >= 11 is 0. The van der Waals surface area contributed by atoms with Crippen molar-refractivity contribution >= 4 is 23.7 Å². The van der Waals surface area contributed by atoms with Crippen molar-refractivity contribution in [2.45, 2.75) is 38.1 Å². The number of hydrogen-bond donors (Lipinski definition) is 3. The third kappa shape index (κ3) is 5.18. The highest BCUT2D eigenvalue weighted by atomic mass is 16.5. The number of nitrogens with zero attached hydrogens (tertiary/aromatic N) is 2. The quantitative estimate of drug-likeness (QED) is 0.402. The molecule has 0 bridgehead atoms. The molecule has 1 aliphatic carbocycles. The average molecular weight is 477 g/mol. The molecule has 0 unspecified atom stereocenters. The summed E-state index contributed by atoms with van der Waals surface area (Å²) in [6, 6.07) is 16.2. The zero-order valence-electron chi connectivity index (χ0n) is 19.7. The van der Waals surface area contributed by atoms with Crippen molar-refractivity contribution in [2.75, 3.05) is 18.5 Å². The first-order chi connectivity index (χ1) is 16.8. The van der Waals surface area contributed by atoms with Crippen LogP contribution in [0.3, 0.4) is 0 Å². The zero-order chi connectivity index (χ0) is 25.0. The van der Waals surface area contributed by atoms with Gasteiger partial charge in [0, 0.05) is 25.1 Å². The second-order valence-electron chi connectivity index (χ2n) is 8.94. The zero-order valence-corrected chi connectivity index (χ0v) is 19.7. The van der Waals surface area contributed by atoms with Crippen molar-refractivity contribution < 1.29 is 24.2 Å². The third-order valence-corrected chi connectivity index (χ3v) is 6.15. The molecule has 1 aliphatic rings. The molecule has 9 heteroatoms. The van der Waals surface area contributed by atoms with Crippen LogP contribution in [-0.2, 0) is 19.9 Å². The van der Waals surface area contributed by atoms with Crippen LogP contribution in [0.25, 0.3) is 11.1 Å². The number of ether oxygens (including phenoxy) is 1. The van der Waals surface area contributed by atoms with Crippen molar-refractivity contribution in [1.29, 1.82) is 0 Å². The number of carbonyl (C=O) groups is 3. The summed E-state index contributed by atoms with van der Waals surface area (Å²) < 4.78 is 7.00. The number of amides is 2. The van der Waals surface area contributed by atoms with Crippen molar-refractivity contribution in [1.82, 2.24) is 15.1 Å². The first kappa shape index (κ1) is 24.0. The Morgan fingerprint density at radius 3 is 2.31 bits per heavy atom. The van der Waals surface area contributed by atoms with Crippen LogP contribution in [0.2, 0.25) is 0 Å². The number of carbonyl (C=O) groups excluding carboxylic acids is 2. The van der Waals surface area contributed by atoms with Gasteiger partial charge < -0.3 is 15.2 Å². The second kappa shape index (κ2) is 10.0. The molecule has 1 aromatic heterocycles. The first-order valence-corrected chi connectivity index (χ1v) is 11.4. The van der Waals surface area contributed by atoms with Crippen LogP contribution in [0.5, 0.6) is 0 Å². The Morgan fingerprint density at radius 2 is 1.69 bits per heavy atom.